The number of aliphatic hydroxyl groups is 1. The zero-order chi connectivity index (χ0) is 12.5. The van der Waals surface area contributed by atoms with E-state index in [0.717, 1.165) is 31.6 Å². The minimum absolute atomic E-state index is 0.188. The van der Waals surface area contributed by atoms with Crippen molar-refractivity contribution in [3.05, 3.63) is 33.8 Å². The normalized spacial score (nSPS) is 10.8. The van der Waals surface area contributed by atoms with Crippen molar-refractivity contribution in [2.24, 2.45) is 0 Å². The summed E-state index contributed by atoms with van der Waals surface area (Å²) in [6.45, 7) is 3.41. The highest BCUT2D eigenvalue weighted by Gasteiger charge is 2.00. The predicted molar refractivity (Wildman–Crippen MR) is 72.7 cm³/mol. The molecule has 3 nitrogen and oxygen atoms in total. The van der Waals surface area contributed by atoms with Crippen LogP contribution >= 0.6 is 23.2 Å². The number of benzene rings is 1. The third-order valence-corrected chi connectivity index (χ3v) is 2.91. The molecular formula is C12H18Cl2N2O. The van der Waals surface area contributed by atoms with Crippen molar-refractivity contribution < 1.29 is 5.11 Å². The van der Waals surface area contributed by atoms with Crippen molar-refractivity contribution in [3.8, 4) is 0 Å². The molecule has 0 bridgehead atoms. The largest absolute Gasteiger partial charge is 0.395 e. The van der Waals surface area contributed by atoms with Crippen LogP contribution in [-0.4, -0.2) is 31.3 Å². The van der Waals surface area contributed by atoms with Gasteiger partial charge in [0.2, 0.25) is 0 Å². The number of rotatable bonds is 8. The molecule has 0 saturated heterocycles. The fourth-order valence-corrected chi connectivity index (χ4v) is 1.91. The zero-order valence-corrected chi connectivity index (χ0v) is 11.2. The van der Waals surface area contributed by atoms with E-state index in [-0.39, 0.29) is 6.61 Å². The first kappa shape index (κ1) is 14.7. The Morgan fingerprint density at radius 1 is 1.06 bits per heavy atom. The number of aliphatic hydroxyl groups excluding tert-OH is 1. The summed E-state index contributed by atoms with van der Waals surface area (Å²) >= 11 is 11.9. The number of hydrogen-bond donors (Lipinski definition) is 3. The first-order valence-corrected chi connectivity index (χ1v) is 6.46. The van der Waals surface area contributed by atoms with Crippen LogP contribution in [0.1, 0.15) is 12.0 Å². The Bertz CT molecular complexity index is 334. The Kier molecular flexibility index (Phi) is 7.56. The topological polar surface area (TPSA) is 44.3 Å². The Hall–Kier alpha value is -0.320. The fourth-order valence-electron chi connectivity index (χ4n) is 1.43. The average Bonchev–Trinajstić information content (AvgIpc) is 2.30. The lowest BCUT2D eigenvalue weighted by Crippen LogP contribution is -2.23. The monoisotopic (exact) mass is 276 g/mol. The van der Waals surface area contributed by atoms with Crippen molar-refractivity contribution in [2.45, 2.75) is 13.0 Å². The van der Waals surface area contributed by atoms with Crippen molar-refractivity contribution >= 4 is 23.2 Å². The molecule has 0 spiro atoms. The van der Waals surface area contributed by atoms with Gasteiger partial charge in [-0.2, -0.15) is 0 Å². The second-order valence-electron chi connectivity index (χ2n) is 3.74. The SMILES string of the molecule is OCCNCCCNCc1ccc(Cl)cc1Cl. The molecule has 0 saturated carbocycles. The van der Waals surface area contributed by atoms with E-state index in [1.54, 1.807) is 6.07 Å². The molecule has 0 amide bonds. The molecule has 3 N–H and O–H groups in total. The van der Waals surface area contributed by atoms with Gasteiger partial charge >= 0.3 is 0 Å². The minimum atomic E-state index is 0.188. The lowest BCUT2D eigenvalue weighted by molar-refractivity contribution is 0.292. The number of nitrogens with one attached hydrogen (secondary N) is 2. The Morgan fingerprint density at radius 3 is 2.53 bits per heavy atom. The van der Waals surface area contributed by atoms with Crippen LogP contribution in [-0.2, 0) is 6.54 Å². The van der Waals surface area contributed by atoms with Gasteiger partial charge in [-0.05, 0) is 37.2 Å². The highest BCUT2D eigenvalue weighted by atomic mass is 35.5. The summed E-state index contributed by atoms with van der Waals surface area (Å²) in [5.74, 6) is 0. The molecular weight excluding hydrogens is 259 g/mol. The van der Waals surface area contributed by atoms with E-state index in [4.69, 9.17) is 28.3 Å². The first-order chi connectivity index (χ1) is 8.24. The Labute approximate surface area is 112 Å². The lowest BCUT2D eigenvalue weighted by Gasteiger charge is -2.07. The molecule has 96 valence electrons. The maximum Gasteiger partial charge on any atom is 0.0555 e. The van der Waals surface area contributed by atoms with E-state index < -0.39 is 0 Å². The highest BCUT2D eigenvalue weighted by molar-refractivity contribution is 6.35. The molecule has 0 aromatic heterocycles. The third-order valence-electron chi connectivity index (χ3n) is 2.33. The standard InChI is InChI=1S/C12H18Cl2N2O/c13-11-3-2-10(12(14)8-11)9-16-5-1-4-15-6-7-17/h2-3,8,15-17H,1,4-7,9H2. The second kappa shape index (κ2) is 8.72. The predicted octanol–water partition coefficient (Wildman–Crippen LogP) is 2.05. The summed E-state index contributed by atoms with van der Waals surface area (Å²) in [6.07, 6.45) is 1.02. The molecule has 1 aromatic carbocycles. The maximum absolute atomic E-state index is 8.57. The van der Waals surface area contributed by atoms with Crippen LogP contribution in [0.2, 0.25) is 10.0 Å². The molecule has 5 heteroatoms. The molecule has 0 radical (unpaired) electrons. The Morgan fingerprint density at radius 2 is 1.82 bits per heavy atom. The molecule has 1 aromatic rings. The summed E-state index contributed by atoms with van der Waals surface area (Å²) in [6, 6.07) is 5.53. The molecule has 1 rings (SSSR count). The van der Waals surface area contributed by atoms with Gasteiger partial charge in [0.1, 0.15) is 0 Å². The van der Waals surface area contributed by atoms with Crippen LogP contribution < -0.4 is 10.6 Å². The van der Waals surface area contributed by atoms with Gasteiger partial charge in [-0.25, -0.2) is 0 Å². The van der Waals surface area contributed by atoms with Gasteiger partial charge in [0.25, 0.3) is 0 Å². The summed E-state index contributed by atoms with van der Waals surface area (Å²) in [7, 11) is 0. The van der Waals surface area contributed by atoms with Gasteiger partial charge in [0, 0.05) is 23.1 Å². The van der Waals surface area contributed by atoms with Gasteiger partial charge in [-0.15, -0.1) is 0 Å². The third kappa shape index (κ3) is 6.24. The molecule has 0 heterocycles. The van der Waals surface area contributed by atoms with E-state index in [1.807, 2.05) is 12.1 Å². The highest BCUT2D eigenvalue weighted by Crippen LogP contribution is 2.20. The summed E-state index contributed by atoms with van der Waals surface area (Å²) in [4.78, 5) is 0. The van der Waals surface area contributed by atoms with Crippen LogP contribution in [0.15, 0.2) is 18.2 Å². The van der Waals surface area contributed by atoms with Crippen LogP contribution in [0.25, 0.3) is 0 Å². The molecule has 0 aliphatic carbocycles. The summed E-state index contributed by atoms with van der Waals surface area (Å²) in [5.41, 5.74) is 1.05. The van der Waals surface area contributed by atoms with E-state index in [9.17, 15) is 0 Å². The van der Waals surface area contributed by atoms with Crippen molar-refractivity contribution in [1.82, 2.24) is 10.6 Å². The average molecular weight is 277 g/mol. The van der Waals surface area contributed by atoms with E-state index in [0.29, 0.717) is 16.6 Å². The van der Waals surface area contributed by atoms with Crippen LogP contribution in [0.3, 0.4) is 0 Å². The quantitative estimate of drug-likeness (QED) is 0.637. The summed E-state index contributed by atoms with van der Waals surface area (Å²) in [5, 5.41) is 16.4. The molecule has 0 unspecified atom stereocenters. The molecule has 0 fully saturated rings. The van der Waals surface area contributed by atoms with Crippen LogP contribution in [0.5, 0.6) is 0 Å². The fraction of sp³-hybridized carbons (Fsp3) is 0.500. The maximum atomic E-state index is 8.57. The number of halogens is 2. The van der Waals surface area contributed by atoms with Crippen molar-refractivity contribution in [3.63, 3.8) is 0 Å². The van der Waals surface area contributed by atoms with Gasteiger partial charge in [-0.3, -0.25) is 0 Å². The van der Waals surface area contributed by atoms with Gasteiger partial charge in [0.15, 0.2) is 0 Å². The molecule has 0 aliphatic rings. The smallest absolute Gasteiger partial charge is 0.0555 e. The van der Waals surface area contributed by atoms with Crippen molar-refractivity contribution in [1.29, 1.82) is 0 Å². The zero-order valence-electron chi connectivity index (χ0n) is 9.68. The molecule has 0 aliphatic heterocycles. The minimum Gasteiger partial charge on any atom is -0.395 e. The van der Waals surface area contributed by atoms with E-state index >= 15 is 0 Å². The van der Waals surface area contributed by atoms with Gasteiger partial charge in [-0.1, -0.05) is 29.3 Å². The second-order valence-corrected chi connectivity index (χ2v) is 4.58. The van der Waals surface area contributed by atoms with Gasteiger partial charge < -0.3 is 15.7 Å². The lowest BCUT2D eigenvalue weighted by atomic mass is 10.2. The molecule has 0 atom stereocenters. The van der Waals surface area contributed by atoms with Gasteiger partial charge in [0.05, 0.1) is 6.61 Å². The first-order valence-electron chi connectivity index (χ1n) is 5.70. The summed E-state index contributed by atoms with van der Waals surface area (Å²) < 4.78 is 0. The van der Waals surface area contributed by atoms with E-state index in [1.165, 1.54) is 0 Å². The van der Waals surface area contributed by atoms with Crippen LogP contribution in [0.4, 0.5) is 0 Å². The molecule has 17 heavy (non-hydrogen) atoms. The van der Waals surface area contributed by atoms with Crippen molar-refractivity contribution in [2.75, 3.05) is 26.2 Å². The number of hydrogen-bond acceptors (Lipinski definition) is 3. The van der Waals surface area contributed by atoms with E-state index in [2.05, 4.69) is 10.6 Å². The van der Waals surface area contributed by atoms with Crippen LogP contribution in [0, 0.1) is 0 Å². The Balaban J connectivity index is 2.14.